The molecule has 1 aromatic rings. The third-order valence-corrected chi connectivity index (χ3v) is 3.60. The number of rotatable bonds is 2. The molecule has 1 heterocycles. The summed E-state index contributed by atoms with van der Waals surface area (Å²) in [5.41, 5.74) is 0.777. The van der Waals surface area contributed by atoms with Crippen LogP contribution in [-0.2, 0) is 4.74 Å². The second kappa shape index (κ2) is 5.58. The van der Waals surface area contributed by atoms with Crippen molar-refractivity contribution >= 4 is 11.6 Å². The lowest BCUT2D eigenvalue weighted by atomic mass is 10.0. The average molecular weight is 278 g/mol. The van der Waals surface area contributed by atoms with Crippen LogP contribution in [0.4, 0.5) is 5.69 Å². The molecule has 2 rings (SSSR count). The first-order chi connectivity index (χ1) is 9.41. The molecular formula is C14H18N2O4. The Balaban J connectivity index is 2.33. The number of amides is 1. The van der Waals surface area contributed by atoms with Gasteiger partial charge in [-0.05, 0) is 26.8 Å². The van der Waals surface area contributed by atoms with Crippen LogP contribution >= 0.6 is 0 Å². The van der Waals surface area contributed by atoms with Gasteiger partial charge in [-0.3, -0.25) is 14.9 Å². The number of hydrogen-bond donors (Lipinski definition) is 0. The van der Waals surface area contributed by atoms with Crippen molar-refractivity contribution in [1.29, 1.82) is 0 Å². The number of ether oxygens (including phenoxy) is 1. The van der Waals surface area contributed by atoms with E-state index < -0.39 is 4.92 Å². The summed E-state index contributed by atoms with van der Waals surface area (Å²) in [6, 6.07) is 4.57. The van der Waals surface area contributed by atoms with E-state index in [1.165, 1.54) is 6.07 Å². The number of nitro groups is 1. The highest BCUT2D eigenvalue weighted by Crippen LogP contribution is 2.24. The maximum absolute atomic E-state index is 12.6. The van der Waals surface area contributed by atoms with E-state index in [9.17, 15) is 14.9 Å². The zero-order valence-corrected chi connectivity index (χ0v) is 11.8. The SMILES string of the molecule is Cc1c(C(=O)N2CC(C)OCC2C)cccc1[N+](=O)[O-]. The molecule has 0 radical (unpaired) electrons. The smallest absolute Gasteiger partial charge is 0.273 e. The van der Waals surface area contributed by atoms with Gasteiger partial charge in [-0.25, -0.2) is 0 Å². The normalized spacial score (nSPS) is 22.6. The molecule has 2 unspecified atom stereocenters. The lowest BCUT2D eigenvalue weighted by molar-refractivity contribution is -0.385. The van der Waals surface area contributed by atoms with Crippen LogP contribution in [-0.4, -0.2) is 41.0 Å². The molecule has 20 heavy (non-hydrogen) atoms. The number of nitro benzene ring substituents is 1. The summed E-state index contributed by atoms with van der Waals surface area (Å²) in [5.74, 6) is -0.172. The molecule has 0 saturated carbocycles. The number of hydrogen-bond acceptors (Lipinski definition) is 4. The van der Waals surface area contributed by atoms with Gasteiger partial charge in [0.25, 0.3) is 11.6 Å². The second-order valence-electron chi connectivity index (χ2n) is 5.16. The summed E-state index contributed by atoms with van der Waals surface area (Å²) in [5, 5.41) is 10.9. The van der Waals surface area contributed by atoms with E-state index in [-0.39, 0.29) is 23.7 Å². The zero-order chi connectivity index (χ0) is 14.9. The van der Waals surface area contributed by atoms with Crippen molar-refractivity contribution < 1.29 is 14.5 Å². The Hall–Kier alpha value is -1.95. The van der Waals surface area contributed by atoms with Gasteiger partial charge in [-0.15, -0.1) is 0 Å². The molecule has 0 aliphatic carbocycles. The first-order valence-electron chi connectivity index (χ1n) is 6.58. The highest BCUT2D eigenvalue weighted by molar-refractivity contribution is 5.96. The minimum absolute atomic E-state index is 0.0193. The summed E-state index contributed by atoms with van der Waals surface area (Å²) in [7, 11) is 0. The molecule has 6 nitrogen and oxygen atoms in total. The van der Waals surface area contributed by atoms with Crippen LogP contribution in [0.15, 0.2) is 18.2 Å². The summed E-state index contributed by atoms with van der Waals surface area (Å²) in [4.78, 5) is 24.8. The Morgan fingerprint density at radius 2 is 2.15 bits per heavy atom. The highest BCUT2D eigenvalue weighted by atomic mass is 16.6. The average Bonchev–Trinajstić information content (AvgIpc) is 2.40. The molecule has 0 N–H and O–H groups in total. The Labute approximate surface area is 117 Å². The number of carbonyl (C=O) groups excluding carboxylic acids is 1. The Morgan fingerprint density at radius 3 is 2.80 bits per heavy atom. The fraction of sp³-hybridized carbons (Fsp3) is 0.500. The Bertz CT molecular complexity index is 544. The summed E-state index contributed by atoms with van der Waals surface area (Å²) in [6.45, 7) is 6.42. The topological polar surface area (TPSA) is 72.7 Å². The van der Waals surface area contributed by atoms with Gasteiger partial charge in [0.05, 0.1) is 23.7 Å². The molecule has 1 aliphatic rings. The van der Waals surface area contributed by atoms with Crippen LogP contribution in [0.5, 0.6) is 0 Å². The molecule has 1 fully saturated rings. The number of benzene rings is 1. The predicted octanol–water partition coefficient (Wildman–Crippen LogP) is 2.15. The minimum atomic E-state index is -0.461. The molecule has 6 heteroatoms. The van der Waals surface area contributed by atoms with Crippen molar-refractivity contribution in [3.63, 3.8) is 0 Å². The Kier molecular flexibility index (Phi) is 4.04. The van der Waals surface area contributed by atoms with Crippen LogP contribution < -0.4 is 0 Å². The second-order valence-corrected chi connectivity index (χ2v) is 5.16. The molecule has 1 aromatic carbocycles. The zero-order valence-electron chi connectivity index (χ0n) is 11.8. The van der Waals surface area contributed by atoms with Gasteiger partial charge in [0.15, 0.2) is 0 Å². The maximum atomic E-state index is 12.6. The molecular weight excluding hydrogens is 260 g/mol. The van der Waals surface area contributed by atoms with Crippen LogP contribution in [0.1, 0.15) is 29.8 Å². The highest BCUT2D eigenvalue weighted by Gasteiger charge is 2.30. The minimum Gasteiger partial charge on any atom is -0.375 e. The van der Waals surface area contributed by atoms with Crippen molar-refractivity contribution in [2.24, 2.45) is 0 Å². The van der Waals surface area contributed by atoms with Crippen molar-refractivity contribution in [3.05, 3.63) is 39.4 Å². The standard InChI is InChI=1S/C14H18N2O4/c1-9-8-20-10(2)7-15(9)14(17)12-5-4-6-13(11(12)3)16(18)19/h4-6,9-10H,7-8H2,1-3H3. The Morgan fingerprint density at radius 1 is 1.45 bits per heavy atom. The first-order valence-corrected chi connectivity index (χ1v) is 6.58. The van der Waals surface area contributed by atoms with E-state index in [1.807, 2.05) is 13.8 Å². The van der Waals surface area contributed by atoms with Gasteiger partial charge < -0.3 is 9.64 Å². The predicted molar refractivity (Wildman–Crippen MR) is 73.7 cm³/mol. The summed E-state index contributed by atoms with van der Waals surface area (Å²) in [6.07, 6.45) is -0.0193. The molecule has 0 spiro atoms. The van der Waals surface area contributed by atoms with Crippen LogP contribution in [0.25, 0.3) is 0 Å². The van der Waals surface area contributed by atoms with Gasteiger partial charge in [0, 0.05) is 23.7 Å². The summed E-state index contributed by atoms with van der Waals surface area (Å²) < 4.78 is 5.50. The van der Waals surface area contributed by atoms with Crippen LogP contribution in [0, 0.1) is 17.0 Å². The van der Waals surface area contributed by atoms with E-state index in [2.05, 4.69) is 0 Å². The van der Waals surface area contributed by atoms with Crippen molar-refractivity contribution in [3.8, 4) is 0 Å². The van der Waals surface area contributed by atoms with Gasteiger partial charge in [-0.2, -0.15) is 0 Å². The first kappa shape index (κ1) is 14.5. The number of carbonyl (C=O) groups is 1. The molecule has 1 amide bonds. The van der Waals surface area contributed by atoms with Crippen molar-refractivity contribution in [2.75, 3.05) is 13.2 Å². The van der Waals surface area contributed by atoms with Gasteiger partial charge >= 0.3 is 0 Å². The molecule has 0 bridgehead atoms. The molecule has 1 aliphatic heterocycles. The van der Waals surface area contributed by atoms with Gasteiger partial charge in [0.2, 0.25) is 0 Å². The fourth-order valence-corrected chi connectivity index (χ4v) is 2.39. The van der Waals surface area contributed by atoms with E-state index in [4.69, 9.17) is 4.74 Å². The fourth-order valence-electron chi connectivity index (χ4n) is 2.39. The van der Waals surface area contributed by atoms with Crippen LogP contribution in [0.3, 0.4) is 0 Å². The van der Waals surface area contributed by atoms with E-state index in [0.717, 1.165) is 0 Å². The molecule has 1 saturated heterocycles. The van der Waals surface area contributed by atoms with E-state index in [1.54, 1.807) is 24.0 Å². The monoisotopic (exact) mass is 278 g/mol. The molecule has 0 aromatic heterocycles. The van der Waals surface area contributed by atoms with Gasteiger partial charge in [-0.1, -0.05) is 6.07 Å². The number of morpholine rings is 1. The third-order valence-electron chi connectivity index (χ3n) is 3.60. The van der Waals surface area contributed by atoms with Crippen LogP contribution in [0.2, 0.25) is 0 Å². The third kappa shape index (κ3) is 2.65. The van der Waals surface area contributed by atoms with Crippen molar-refractivity contribution in [1.82, 2.24) is 4.90 Å². The molecule has 108 valence electrons. The summed E-state index contributed by atoms with van der Waals surface area (Å²) >= 11 is 0. The largest absolute Gasteiger partial charge is 0.375 e. The molecule has 2 atom stereocenters. The lowest BCUT2D eigenvalue weighted by Crippen LogP contribution is -2.50. The van der Waals surface area contributed by atoms with E-state index in [0.29, 0.717) is 24.3 Å². The van der Waals surface area contributed by atoms with Gasteiger partial charge in [0.1, 0.15) is 0 Å². The maximum Gasteiger partial charge on any atom is 0.273 e. The quantitative estimate of drug-likeness (QED) is 0.613. The van der Waals surface area contributed by atoms with Crippen molar-refractivity contribution in [2.45, 2.75) is 32.9 Å². The number of nitrogens with zero attached hydrogens (tertiary/aromatic N) is 2. The van der Waals surface area contributed by atoms with E-state index >= 15 is 0 Å². The lowest BCUT2D eigenvalue weighted by Gasteiger charge is -2.37.